The van der Waals surface area contributed by atoms with E-state index < -0.39 is 0 Å². The summed E-state index contributed by atoms with van der Waals surface area (Å²) in [6, 6.07) is 71.3. The van der Waals surface area contributed by atoms with E-state index in [1.807, 2.05) is 67.4 Å². The summed E-state index contributed by atoms with van der Waals surface area (Å²) in [4.78, 5) is 25.4. The Morgan fingerprint density at radius 2 is 0.784 bits per heavy atom. The van der Waals surface area contributed by atoms with Crippen molar-refractivity contribution in [2.45, 2.75) is 0 Å². The second-order valence-corrected chi connectivity index (χ2v) is 19.1. The van der Waals surface area contributed by atoms with Crippen molar-refractivity contribution in [3.05, 3.63) is 231 Å². The molecule has 7 heterocycles. The van der Waals surface area contributed by atoms with E-state index in [0.717, 1.165) is 161 Å². The van der Waals surface area contributed by atoms with Gasteiger partial charge in [-0.2, -0.15) is 0 Å². The van der Waals surface area contributed by atoms with Crippen molar-refractivity contribution in [1.82, 2.24) is 29.5 Å². The van der Waals surface area contributed by atoms with E-state index in [9.17, 15) is 0 Å². The summed E-state index contributed by atoms with van der Waals surface area (Å²) in [5, 5.41) is 4.41. The van der Waals surface area contributed by atoms with Crippen LogP contribution in [0.1, 0.15) is 0 Å². The highest BCUT2D eigenvalue weighted by Gasteiger charge is 2.27. The van der Waals surface area contributed by atoms with Crippen LogP contribution < -0.4 is 0 Å². The molecule has 342 valence electrons. The number of rotatable bonds is 3. The predicted molar refractivity (Wildman–Crippen MR) is 299 cm³/mol. The molecule has 7 heteroatoms. The van der Waals surface area contributed by atoms with Crippen molar-refractivity contribution < 1.29 is 4.42 Å². The highest BCUT2D eigenvalue weighted by Crippen LogP contribution is 2.50. The first kappa shape index (κ1) is 40.6. The average molecular weight is 943 g/mol. The Morgan fingerprint density at radius 1 is 0.297 bits per heavy atom. The van der Waals surface area contributed by atoms with Gasteiger partial charge in [0.1, 0.15) is 16.8 Å². The van der Waals surface area contributed by atoms with Gasteiger partial charge in [0.15, 0.2) is 0 Å². The van der Waals surface area contributed by atoms with Crippen LogP contribution in [0, 0.1) is 0 Å². The minimum atomic E-state index is 0.840. The summed E-state index contributed by atoms with van der Waals surface area (Å²) in [5.74, 6) is 0. The molecule has 0 fully saturated rings. The van der Waals surface area contributed by atoms with Gasteiger partial charge >= 0.3 is 0 Å². The lowest BCUT2D eigenvalue weighted by Crippen LogP contribution is -2.02. The molecule has 0 bridgehead atoms. The monoisotopic (exact) mass is 942 g/mol. The lowest BCUT2D eigenvalue weighted by molar-refractivity contribution is 0.670. The number of fused-ring (bicyclic) bond motifs is 22. The second-order valence-electron chi connectivity index (χ2n) is 19.1. The topological polar surface area (TPSA) is 82.5 Å². The van der Waals surface area contributed by atoms with Gasteiger partial charge in [-0.1, -0.05) is 133 Å². The Hall–Kier alpha value is -10.1. The molecule has 7 aromatic heterocycles. The van der Waals surface area contributed by atoms with Crippen LogP contribution in [0.2, 0.25) is 0 Å². The summed E-state index contributed by atoms with van der Waals surface area (Å²) in [5.41, 5.74) is 25.4. The van der Waals surface area contributed by atoms with E-state index in [2.05, 4.69) is 168 Å². The van der Waals surface area contributed by atoms with Gasteiger partial charge in [-0.15, -0.1) is 0 Å². The third-order valence-electron chi connectivity index (χ3n) is 15.2. The molecule has 14 aromatic rings. The van der Waals surface area contributed by atoms with Crippen LogP contribution >= 0.6 is 0 Å². The summed E-state index contributed by atoms with van der Waals surface area (Å²) in [7, 11) is 0. The Bertz CT molecular complexity index is 4690. The van der Waals surface area contributed by atoms with E-state index in [-0.39, 0.29) is 0 Å². The largest absolute Gasteiger partial charge is 0.455 e. The fraction of sp³-hybridized carbons (Fsp3) is 0. The molecule has 7 aromatic carbocycles. The Morgan fingerprint density at radius 3 is 1.46 bits per heavy atom. The molecular formula is C67H38N6O. The van der Waals surface area contributed by atoms with Crippen molar-refractivity contribution in [3.8, 4) is 117 Å². The van der Waals surface area contributed by atoms with Crippen LogP contribution in [0.15, 0.2) is 236 Å². The van der Waals surface area contributed by atoms with Gasteiger partial charge in [0, 0.05) is 91.6 Å². The fourth-order valence-corrected chi connectivity index (χ4v) is 11.9. The lowest BCUT2D eigenvalue weighted by Gasteiger charge is -2.23. The maximum Gasteiger partial charge on any atom is 0.145 e. The molecule has 7 nitrogen and oxygen atoms in total. The zero-order chi connectivity index (χ0) is 48.4. The van der Waals surface area contributed by atoms with Crippen LogP contribution in [-0.2, 0) is 0 Å². The molecule has 0 spiro atoms. The first-order chi connectivity index (χ1) is 36.7. The number of benzene rings is 7. The number of hydrogen-bond donors (Lipinski definition) is 0. The van der Waals surface area contributed by atoms with Crippen LogP contribution in [0.25, 0.3) is 161 Å². The molecule has 0 N–H and O–H groups in total. The van der Waals surface area contributed by atoms with Crippen molar-refractivity contribution in [3.63, 3.8) is 0 Å². The van der Waals surface area contributed by atoms with E-state index >= 15 is 0 Å². The first-order valence-electron chi connectivity index (χ1n) is 24.9. The highest BCUT2D eigenvalue weighted by molar-refractivity contribution is 6.12. The van der Waals surface area contributed by atoms with Crippen molar-refractivity contribution in [1.29, 1.82) is 0 Å². The third-order valence-corrected chi connectivity index (χ3v) is 15.2. The number of nitrogens with zero attached hydrogens (tertiary/aromatic N) is 6. The van der Waals surface area contributed by atoms with Crippen LogP contribution in [-0.4, -0.2) is 29.5 Å². The number of aromatic nitrogens is 6. The van der Waals surface area contributed by atoms with Crippen LogP contribution in [0.5, 0.6) is 0 Å². The van der Waals surface area contributed by atoms with Gasteiger partial charge in [-0.3, -0.25) is 24.5 Å². The molecule has 2 aliphatic carbocycles. The molecular weight excluding hydrogens is 905 g/mol. The summed E-state index contributed by atoms with van der Waals surface area (Å²) >= 11 is 0. The van der Waals surface area contributed by atoms with Gasteiger partial charge in [0.25, 0.3) is 0 Å². The fourth-order valence-electron chi connectivity index (χ4n) is 11.9. The zero-order valence-corrected chi connectivity index (χ0v) is 39.5. The highest BCUT2D eigenvalue weighted by atomic mass is 16.3. The Labute approximate surface area is 424 Å². The van der Waals surface area contributed by atoms with Gasteiger partial charge in [-0.25, -0.2) is 4.98 Å². The molecule has 0 amide bonds. The number of hydrogen-bond acceptors (Lipinski definition) is 6. The Kier molecular flexibility index (Phi) is 8.61. The van der Waals surface area contributed by atoms with Gasteiger partial charge < -0.3 is 4.42 Å². The maximum absolute atomic E-state index is 6.56. The van der Waals surface area contributed by atoms with Gasteiger partial charge in [0.2, 0.25) is 0 Å². The lowest BCUT2D eigenvalue weighted by atomic mass is 9.82. The van der Waals surface area contributed by atoms with Crippen molar-refractivity contribution in [2.24, 2.45) is 0 Å². The van der Waals surface area contributed by atoms with Crippen LogP contribution in [0.4, 0.5) is 0 Å². The number of pyridine rings is 5. The van der Waals surface area contributed by atoms with Crippen molar-refractivity contribution >= 4 is 43.9 Å². The number of furan rings is 1. The quantitative estimate of drug-likeness (QED) is 0.175. The molecule has 2 aliphatic rings. The van der Waals surface area contributed by atoms with Crippen LogP contribution in [0.3, 0.4) is 0 Å². The molecule has 16 rings (SSSR count). The predicted octanol–water partition coefficient (Wildman–Crippen LogP) is 17.0. The smallest absolute Gasteiger partial charge is 0.145 e. The van der Waals surface area contributed by atoms with Gasteiger partial charge in [-0.05, 0) is 122 Å². The second kappa shape index (κ2) is 15.7. The molecule has 74 heavy (non-hydrogen) atoms. The molecule has 0 saturated heterocycles. The SMILES string of the molecule is c1ccc2c(c1)-c1ccc(-n3c4ccccc4c4cc(-c5ccc6c(c5)-c5cccnc5-c5ncccc5-c5cc(-c7cccc8c7oc7ccccc78)ccc5-6)cnc43)cc1-c1cccnc1-c1ncccc1-2. The average Bonchev–Trinajstić information content (AvgIpc) is 4.02. The summed E-state index contributed by atoms with van der Waals surface area (Å²) in [6.45, 7) is 0. The molecule has 0 aliphatic heterocycles. The molecule has 0 radical (unpaired) electrons. The third kappa shape index (κ3) is 5.92. The Balaban J connectivity index is 0.862. The maximum atomic E-state index is 6.56. The first-order valence-corrected chi connectivity index (χ1v) is 24.9. The minimum Gasteiger partial charge on any atom is -0.455 e. The van der Waals surface area contributed by atoms with E-state index in [1.165, 1.54) is 0 Å². The number of para-hydroxylation sites is 3. The minimum absolute atomic E-state index is 0.840. The zero-order valence-electron chi connectivity index (χ0n) is 39.5. The normalized spacial score (nSPS) is 12.1. The molecule has 0 unspecified atom stereocenters. The standard InChI is InChI=1S/C67H38N6O/c1-2-13-45-44(12-1)48-29-26-42(37-58(48)54-21-11-33-71-65(54)62-51(45)18-8-30-68-62)73-60-22-5-3-14-49(60)59-36-41(38-72-67(59)73)39-24-27-46-47-28-25-40(43-16-7-17-55-50-15-4-6-23-61(50)74-66(43)55)35-57(47)53-20-10-32-70-64(53)63-52(56(46)34-39)19-9-31-69-63/h1-38H. The van der Waals surface area contributed by atoms with E-state index in [0.29, 0.717) is 0 Å². The molecule has 0 atom stereocenters. The summed E-state index contributed by atoms with van der Waals surface area (Å²) in [6.07, 6.45) is 9.47. The van der Waals surface area contributed by atoms with Gasteiger partial charge in [0.05, 0.1) is 28.3 Å². The van der Waals surface area contributed by atoms with Crippen molar-refractivity contribution in [2.75, 3.05) is 0 Å². The summed E-state index contributed by atoms with van der Waals surface area (Å²) < 4.78 is 8.86. The van der Waals surface area contributed by atoms with E-state index in [4.69, 9.17) is 29.3 Å². The van der Waals surface area contributed by atoms with E-state index in [1.54, 1.807) is 0 Å². The molecule has 0 saturated carbocycles.